The molecule has 1 aromatic carbocycles. The van der Waals surface area contributed by atoms with Crippen LogP contribution in [-0.2, 0) is 14.3 Å². The third kappa shape index (κ3) is 3.63. The van der Waals surface area contributed by atoms with E-state index >= 15 is 0 Å². The topological polar surface area (TPSA) is 108 Å². The fourth-order valence-electron chi connectivity index (χ4n) is 2.90. The lowest BCUT2D eigenvalue weighted by Gasteiger charge is -2.33. The molecule has 0 aromatic heterocycles. The molecule has 2 heterocycles. The van der Waals surface area contributed by atoms with E-state index in [9.17, 15) is 14.4 Å². The van der Waals surface area contributed by atoms with Crippen molar-refractivity contribution in [2.75, 3.05) is 19.9 Å². The molecule has 2 N–H and O–H groups in total. The van der Waals surface area contributed by atoms with Gasteiger partial charge < -0.3 is 24.8 Å². The maximum Gasteiger partial charge on any atom is 0.338 e. The lowest BCUT2D eigenvalue weighted by Crippen LogP contribution is -2.51. The zero-order valence-corrected chi connectivity index (χ0v) is 14.1. The smallest absolute Gasteiger partial charge is 0.338 e. The first kappa shape index (κ1) is 17.3. The number of hydrogen-bond acceptors (Lipinski definition) is 6. The number of fused-ring (bicyclic) bond motifs is 1. The molecule has 2 aliphatic heterocycles. The van der Waals surface area contributed by atoms with Crippen LogP contribution in [0.25, 0.3) is 0 Å². The summed E-state index contributed by atoms with van der Waals surface area (Å²) in [7, 11) is 0. The molecule has 0 spiro atoms. The number of carbonyl (C=O) groups is 3. The second-order valence-electron chi connectivity index (χ2n) is 5.77. The fraction of sp³-hybridized carbons (Fsp3) is 0.438. The third-order valence-corrected chi connectivity index (χ3v) is 4.42. The second kappa shape index (κ2) is 7.18. The van der Waals surface area contributed by atoms with Crippen LogP contribution in [0.1, 0.15) is 29.6 Å². The van der Waals surface area contributed by atoms with Gasteiger partial charge in [-0.2, -0.15) is 0 Å². The Labute approximate surface area is 148 Å². The van der Waals surface area contributed by atoms with Gasteiger partial charge in [0.2, 0.25) is 12.7 Å². The number of carbonyl (C=O) groups excluding carboxylic acids is 3. The van der Waals surface area contributed by atoms with E-state index in [1.807, 2.05) is 0 Å². The molecule has 2 aliphatic rings. The largest absolute Gasteiger partial charge is 0.454 e. The molecule has 1 aromatic rings. The number of esters is 1. The van der Waals surface area contributed by atoms with Crippen molar-refractivity contribution >= 4 is 29.4 Å². The molecule has 2 amide bonds. The van der Waals surface area contributed by atoms with E-state index in [0.29, 0.717) is 24.5 Å². The van der Waals surface area contributed by atoms with E-state index in [0.717, 1.165) is 12.8 Å². The quantitative estimate of drug-likeness (QED) is 0.797. The second-order valence-corrected chi connectivity index (χ2v) is 6.18. The normalized spacial score (nSPS) is 18.8. The van der Waals surface area contributed by atoms with Crippen LogP contribution in [0, 0.1) is 0 Å². The molecule has 1 fully saturated rings. The van der Waals surface area contributed by atoms with Crippen LogP contribution >= 0.6 is 11.6 Å². The Morgan fingerprint density at radius 1 is 1.28 bits per heavy atom. The summed E-state index contributed by atoms with van der Waals surface area (Å²) < 4.78 is 15.4. The number of ether oxygens (including phenoxy) is 3. The number of primary amides is 1. The minimum atomic E-state index is -0.721. The van der Waals surface area contributed by atoms with Crippen molar-refractivity contribution in [1.82, 2.24) is 4.90 Å². The summed E-state index contributed by atoms with van der Waals surface area (Å²) in [5.74, 6) is -1.02. The number of likely N-dealkylation sites (tertiary alicyclic amines) is 1. The number of rotatable bonds is 4. The van der Waals surface area contributed by atoms with Crippen molar-refractivity contribution in [2.45, 2.75) is 25.3 Å². The number of hydrogen-bond donors (Lipinski definition) is 1. The van der Waals surface area contributed by atoms with Gasteiger partial charge >= 0.3 is 5.97 Å². The molecule has 8 nitrogen and oxygen atoms in total. The lowest BCUT2D eigenvalue weighted by atomic mass is 10.0. The van der Waals surface area contributed by atoms with E-state index in [2.05, 4.69) is 0 Å². The van der Waals surface area contributed by atoms with Crippen molar-refractivity contribution < 1.29 is 28.6 Å². The highest BCUT2D eigenvalue weighted by molar-refractivity contribution is 6.32. The molecule has 0 aliphatic carbocycles. The maximum absolute atomic E-state index is 12.3. The monoisotopic (exact) mass is 368 g/mol. The Bertz CT molecular complexity index is 723. The zero-order valence-electron chi connectivity index (χ0n) is 13.3. The van der Waals surface area contributed by atoms with Crippen LogP contribution in [-0.4, -0.2) is 48.7 Å². The first-order valence-electron chi connectivity index (χ1n) is 7.82. The number of benzene rings is 1. The summed E-state index contributed by atoms with van der Waals surface area (Å²) in [5, 5.41) is 0.220. The predicted molar refractivity (Wildman–Crippen MR) is 86.4 cm³/mol. The van der Waals surface area contributed by atoms with Gasteiger partial charge in [-0.1, -0.05) is 11.6 Å². The first-order valence-corrected chi connectivity index (χ1v) is 8.20. The molecule has 0 unspecified atom stereocenters. The van der Waals surface area contributed by atoms with Crippen LogP contribution in [0.5, 0.6) is 11.5 Å². The summed E-state index contributed by atoms with van der Waals surface area (Å²) in [6.07, 6.45) is 2.13. The summed E-state index contributed by atoms with van der Waals surface area (Å²) in [4.78, 5) is 37.3. The van der Waals surface area contributed by atoms with E-state index in [-0.39, 0.29) is 17.4 Å². The number of halogens is 1. The Morgan fingerprint density at radius 2 is 2.08 bits per heavy atom. The Hall–Kier alpha value is -2.48. The molecule has 134 valence electrons. The van der Waals surface area contributed by atoms with E-state index in [1.165, 1.54) is 17.0 Å². The summed E-state index contributed by atoms with van der Waals surface area (Å²) in [5.41, 5.74) is 5.48. The lowest BCUT2D eigenvalue weighted by molar-refractivity contribution is -0.143. The van der Waals surface area contributed by atoms with Crippen molar-refractivity contribution in [2.24, 2.45) is 5.73 Å². The van der Waals surface area contributed by atoms with Crippen molar-refractivity contribution in [1.29, 1.82) is 0 Å². The molecule has 9 heteroatoms. The van der Waals surface area contributed by atoms with Crippen molar-refractivity contribution in [3.8, 4) is 11.5 Å². The minimum Gasteiger partial charge on any atom is -0.454 e. The van der Waals surface area contributed by atoms with Crippen molar-refractivity contribution in [3.05, 3.63) is 22.7 Å². The third-order valence-electron chi connectivity index (χ3n) is 4.14. The Kier molecular flexibility index (Phi) is 4.98. The van der Waals surface area contributed by atoms with Gasteiger partial charge in [-0.05, 0) is 31.4 Å². The fourth-order valence-corrected chi connectivity index (χ4v) is 3.17. The van der Waals surface area contributed by atoms with Gasteiger partial charge in [-0.3, -0.25) is 9.59 Å². The van der Waals surface area contributed by atoms with E-state index < -0.39 is 30.4 Å². The van der Waals surface area contributed by atoms with Crippen LogP contribution in [0.2, 0.25) is 5.02 Å². The maximum atomic E-state index is 12.3. The van der Waals surface area contributed by atoms with Crippen LogP contribution in [0.3, 0.4) is 0 Å². The van der Waals surface area contributed by atoms with Gasteiger partial charge in [-0.25, -0.2) is 4.79 Å². The minimum absolute atomic E-state index is 0.0233. The van der Waals surface area contributed by atoms with Gasteiger partial charge in [0, 0.05) is 6.54 Å². The van der Waals surface area contributed by atoms with Gasteiger partial charge in [0.25, 0.3) is 5.91 Å². The predicted octanol–water partition coefficient (Wildman–Crippen LogP) is 1.09. The van der Waals surface area contributed by atoms with Crippen LogP contribution in [0.4, 0.5) is 0 Å². The van der Waals surface area contributed by atoms with Crippen LogP contribution in [0.15, 0.2) is 12.1 Å². The number of amides is 2. The summed E-state index contributed by atoms with van der Waals surface area (Å²) >= 11 is 6.02. The van der Waals surface area contributed by atoms with Gasteiger partial charge in [-0.15, -0.1) is 0 Å². The molecule has 0 radical (unpaired) electrons. The molecule has 25 heavy (non-hydrogen) atoms. The molecular formula is C16H17ClN2O6. The van der Waals surface area contributed by atoms with Gasteiger partial charge in [0.15, 0.2) is 18.1 Å². The Morgan fingerprint density at radius 3 is 2.84 bits per heavy atom. The highest BCUT2D eigenvalue weighted by Gasteiger charge is 2.31. The molecule has 3 rings (SSSR count). The summed E-state index contributed by atoms with van der Waals surface area (Å²) in [6.45, 7) is -0.0377. The zero-order chi connectivity index (χ0) is 18.0. The highest BCUT2D eigenvalue weighted by Crippen LogP contribution is 2.39. The van der Waals surface area contributed by atoms with Crippen LogP contribution < -0.4 is 15.2 Å². The number of piperidine rings is 1. The SMILES string of the molecule is NC(=O)[C@@H]1CCCCN1C(=O)COC(=O)c1cc(Cl)c2c(c1)OCO2. The average molecular weight is 369 g/mol. The molecule has 1 atom stereocenters. The summed E-state index contributed by atoms with van der Waals surface area (Å²) in [6, 6.07) is 2.17. The molecule has 0 bridgehead atoms. The van der Waals surface area contributed by atoms with E-state index in [4.69, 9.17) is 31.5 Å². The molecule has 1 saturated heterocycles. The average Bonchev–Trinajstić information content (AvgIpc) is 3.08. The van der Waals surface area contributed by atoms with E-state index in [1.54, 1.807) is 0 Å². The van der Waals surface area contributed by atoms with Gasteiger partial charge in [0.1, 0.15) is 6.04 Å². The van der Waals surface area contributed by atoms with Crippen molar-refractivity contribution in [3.63, 3.8) is 0 Å². The standard InChI is InChI=1S/C16H17ClN2O6/c17-10-5-9(6-12-14(10)25-8-24-12)16(22)23-7-13(20)19-4-2-1-3-11(19)15(18)21/h5-6,11H,1-4,7-8H2,(H2,18,21)/t11-/m0/s1. The number of nitrogens with zero attached hydrogens (tertiary/aromatic N) is 1. The molecular weight excluding hydrogens is 352 g/mol. The first-order chi connectivity index (χ1) is 12.0. The molecule has 0 saturated carbocycles. The highest BCUT2D eigenvalue weighted by atomic mass is 35.5. The number of nitrogens with two attached hydrogens (primary N) is 1. The van der Waals surface area contributed by atoms with Gasteiger partial charge in [0.05, 0.1) is 10.6 Å². The Balaban J connectivity index is 1.63.